The smallest absolute Gasteiger partial charge is 0.303 e. The fourth-order valence-electron chi connectivity index (χ4n) is 1.92. The monoisotopic (exact) mass is 320 g/mol. The Bertz CT molecular complexity index is 552. The first kappa shape index (κ1) is 17.1. The second-order valence-corrected chi connectivity index (χ2v) is 8.37. The van der Waals surface area contributed by atoms with Gasteiger partial charge >= 0.3 is 5.97 Å². The lowest BCUT2D eigenvalue weighted by Gasteiger charge is -2.17. The normalized spacial score (nSPS) is 13.6. The minimum atomic E-state index is -3.59. The fourth-order valence-corrected chi connectivity index (χ4v) is 4.19. The lowest BCUT2D eigenvalue weighted by atomic mass is 9.94. The van der Waals surface area contributed by atoms with Crippen molar-refractivity contribution in [3.05, 3.63) is 11.2 Å². The van der Waals surface area contributed by atoms with Crippen molar-refractivity contribution in [3.8, 4) is 0 Å². The highest BCUT2D eigenvalue weighted by molar-refractivity contribution is 7.91. The Hall–Kier alpha value is -0.990. The summed E-state index contributed by atoms with van der Waals surface area (Å²) in [6.45, 7) is 5.82. The lowest BCUT2D eigenvalue weighted by molar-refractivity contribution is -0.138. The van der Waals surface area contributed by atoms with Crippen molar-refractivity contribution >= 4 is 27.3 Å². The van der Waals surface area contributed by atoms with Crippen LogP contribution < -0.4 is 4.72 Å². The van der Waals surface area contributed by atoms with Gasteiger partial charge in [0.2, 0.25) is 0 Å². The van der Waals surface area contributed by atoms with Gasteiger partial charge in [0.25, 0.3) is 10.0 Å². The Kier molecular flexibility index (Phi) is 6.09. The van der Waals surface area contributed by atoms with Crippen LogP contribution in [0, 0.1) is 18.8 Å². The van der Waals surface area contributed by atoms with E-state index in [1.165, 1.54) is 6.20 Å². The summed E-state index contributed by atoms with van der Waals surface area (Å²) in [5.41, 5.74) is 0. The van der Waals surface area contributed by atoms with Gasteiger partial charge in [-0.2, -0.15) is 0 Å². The van der Waals surface area contributed by atoms with Crippen LogP contribution in [0.3, 0.4) is 0 Å². The number of carboxylic acids is 1. The molecule has 1 rings (SSSR count). The van der Waals surface area contributed by atoms with Crippen LogP contribution >= 0.6 is 11.3 Å². The number of rotatable bonds is 8. The second-order valence-electron chi connectivity index (χ2n) is 5.14. The number of hydrogen-bond acceptors (Lipinski definition) is 5. The number of hydrogen-bond donors (Lipinski definition) is 2. The predicted octanol–water partition coefficient (Wildman–Crippen LogP) is 1.87. The highest BCUT2D eigenvalue weighted by Gasteiger charge is 2.21. The molecule has 1 aromatic heterocycles. The van der Waals surface area contributed by atoms with E-state index >= 15 is 0 Å². The third-order valence-electron chi connectivity index (χ3n) is 2.69. The van der Waals surface area contributed by atoms with E-state index in [-0.39, 0.29) is 23.1 Å². The van der Waals surface area contributed by atoms with Crippen LogP contribution in [0.1, 0.15) is 31.7 Å². The van der Waals surface area contributed by atoms with Gasteiger partial charge in [-0.25, -0.2) is 18.1 Å². The minimum absolute atomic E-state index is 0.0393. The van der Waals surface area contributed by atoms with Gasteiger partial charge in [-0.3, -0.25) is 4.79 Å². The van der Waals surface area contributed by atoms with Gasteiger partial charge < -0.3 is 5.11 Å². The summed E-state index contributed by atoms with van der Waals surface area (Å²) in [6, 6.07) is 0. The van der Waals surface area contributed by atoms with Crippen molar-refractivity contribution in [2.45, 2.75) is 37.8 Å². The standard InChI is InChI=1S/C12H20N2O4S2/c1-8(2)4-10(5-11(15)16)6-14-20(17,18)12-7-13-9(3)19-12/h7-8,10,14H,4-6H2,1-3H3,(H,15,16). The average Bonchev–Trinajstić information content (AvgIpc) is 2.72. The molecular formula is C12H20N2O4S2. The number of thiazole rings is 1. The zero-order valence-corrected chi connectivity index (χ0v) is 13.4. The first-order valence-corrected chi connectivity index (χ1v) is 8.64. The minimum Gasteiger partial charge on any atom is -0.481 e. The molecule has 2 N–H and O–H groups in total. The summed E-state index contributed by atoms with van der Waals surface area (Å²) in [5.74, 6) is -0.811. The third-order valence-corrected chi connectivity index (χ3v) is 5.49. The van der Waals surface area contributed by atoms with Gasteiger partial charge in [-0.1, -0.05) is 13.8 Å². The predicted molar refractivity (Wildman–Crippen MR) is 77.2 cm³/mol. The van der Waals surface area contributed by atoms with Crippen LogP contribution in [-0.2, 0) is 14.8 Å². The number of aryl methyl sites for hydroxylation is 1. The molecule has 0 bridgehead atoms. The Morgan fingerprint density at radius 3 is 2.60 bits per heavy atom. The topological polar surface area (TPSA) is 96.4 Å². The van der Waals surface area contributed by atoms with Gasteiger partial charge in [0.1, 0.15) is 0 Å². The number of aliphatic carboxylic acids is 1. The highest BCUT2D eigenvalue weighted by Crippen LogP contribution is 2.19. The number of carboxylic acid groups (broad SMARTS) is 1. The van der Waals surface area contributed by atoms with Gasteiger partial charge in [0.15, 0.2) is 4.21 Å². The molecule has 0 aromatic carbocycles. The number of aromatic nitrogens is 1. The Balaban J connectivity index is 2.68. The highest BCUT2D eigenvalue weighted by atomic mass is 32.2. The molecule has 0 aliphatic carbocycles. The molecule has 0 aliphatic heterocycles. The zero-order chi connectivity index (χ0) is 15.3. The Morgan fingerprint density at radius 2 is 2.15 bits per heavy atom. The third kappa shape index (κ3) is 5.56. The first-order valence-electron chi connectivity index (χ1n) is 6.34. The van der Waals surface area contributed by atoms with E-state index in [1.54, 1.807) is 6.92 Å². The maximum Gasteiger partial charge on any atom is 0.303 e. The van der Waals surface area contributed by atoms with E-state index in [2.05, 4.69) is 9.71 Å². The largest absolute Gasteiger partial charge is 0.481 e. The SMILES string of the molecule is Cc1ncc(S(=O)(=O)NCC(CC(=O)O)CC(C)C)s1. The molecule has 0 spiro atoms. The zero-order valence-electron chi connectivity index (χ0n) is 11.8. The first-order chi connectivity index (χ1) is 9.20. The van der Waals surface area contributed by atoms with Gasteiger partial charge in [0, 0.05) is 13.0 Å². The summed E-state index contributed by atoms with van der Waals surface area (Å²) in [6.07, 6.45) is 1.94. The van der Waals surface area contributed by atoms with Crippen molar-refractivity contribution in [1.29, 1.82) is 0 Å². The van der Waals surface area contributed by atoms with E-state index in [1.807, 2.05) is 13.8 Å². The summed E-state index contributed by atoms with van der Waals surface area (Å²) >= 11 is 1.10. The molecule has 0 saturated heterocycles. The van der Waals surface area contributed by atoms with E-state index in [4.69, 9.17) is 5.11 Å². The Labute approximate surface area is 123 Å². The summed E-state index contributed by atoms with van der Waals surface area (Å²) in [7, 11) is -3.59. The van der Waals surface area contributed by atoms with E-state index in [9.17, 15) is 13.2 Å². The van der Waals surface area contributed by atoms with Crippen molar-refractivity contribution in [2.75, 3.05) is 6.54 Å². The molecular weight excluding hydrogens is 300 g/mol. The molecule has 1 unspecified atom stereocenters. The van der Waals surface area contributed by atoms with E-state index in [0.717, 1.165) is 11.3 Å². The van der Waals surface area contributed by atoms with Crippen LogP contribution in [0.2, 0.25) is 0 Å². The van der Waals surface area contributed by atoms with Crippen LogP contribution in [-0.4, -0.2) is 31.0 Å². The number of nitrogens with one attached hydrogen (secondary N) is 1. The van der Waals surface area contributed by atoms with Gasteiger partial charge in [-0.05, 0) is 25.2 Å². The van der Waals surface area contributed by atoms with Crippen molar-refractivity contribution < 1.29 is 18.3 Å². The van der Waals surface area contributed by atoms with Crippen molar-refractivity contribution in [1.82, 2.24) is 9.71 Å². The number of nitrogens with zero attached hydrogens (tertiary/aromatic N) is 1. The molecule has 6 nitrogen and oxygen atoms in total. The maximum atomic E-state index is 12.0. The molecule has 8 heteroatoms. The fraction of sp³-hybridized carbons (Fsp3) is 0.667. The van der Waals surface area contributed by atoms with Crippen LogP contribution in [0.4, 0.5) is 0 Å². The molecule has 0 aliphatic rings. The number of carbonyl (C=O) groups is 1. The molecule has 1 atom stereocenters. The second kappa shape index (κ2) is 7.14. The summed E-state index contributed by atoms with van der Waals surface area (Å²) in [4.78, 5) is 14.7. The quantitative estimate of drug-likeness (QED) is 0.762. The van der Waals surface area contributed by atoms with Crippen LogP contribution in [0.15, 0.2) is 10.4 Å². The summed E-state index contributed by atoms with van der Waals surface area (Å²) < 4.78 is 26.7. The summed E-state index contributed by atoms with van der Waals surface area (Å²) in [5, 5.41) is 9.54. The number of sulfonamides is 1. The molecule has 0 fully saturated rings. The molecule has 114 valence electrons. The van der Waals surface area contributed by atoms with Gasteiger partial charge in [-0.15, -0.1) is 11.3 Å². The van der Waals surface area contributed by atoms with E-state index in [0.29, 0.717) is 17.3 Å². The molecule has 0 saturated carbocycles. The van der Waals surface area contributed by atoms with Gasteiger partial charge in [0.05, 0.1) is 11.2 Å². The van der Waals surface area contributed by atoms with E-state index < -0.39 is 16.0 Å². The lowest BCUT2D eigenvalue weighted by Crippen LogP contribution is -2.30. The van der Waals surface area contributed by atoms with Crippen LogP contribution in [0.5, 0.6) is 0 Å². The molecule has 20 heavy (non-hydrogen) atoms. The molecule has 0 radical (unpaired) electrons. The molecule has 0 amide bonds. The molecule has 1 heterocycles. The maximum absolute atomic E-state index is 12.0. The van der Waals surface area contributed by atoms with Crippen molar-refractivity contribution in [3.63, 3.8) is 0 Å². The Morgan fingerprint density at radius 1 is 1.50 bits per heavy atom. The van der Waals surface area contributed by atoms with Crippen molar-refractivity contribution in [2.24, 2.45) is 11.8 Å². The van der Waals surface area contributed by atoms with Crippen LogP contribution in [0.25, 0.3) is 0 Å². The molecule has 1 aromatic rings. The average molecular weight is 320 g/mol.